The molecular formula is C27H57N2O6P. The molecule has 3 unspecified atom stereocenters. The van der Waals surface area contributed by atoms with E-state index >= 15 is 0 Å². The summed E-state index contributed by atoms with van der Waals surface area (Å²) >= 11 is 0. The van der Waals surface area contributed by atoms with E-state index in [0.717, 1.165) is 19.3 Å². The van der Waals surface area contributed by atoms with Gasteiger partial charge in [0.1, 0.15) is 13.2 Å². The fourth-order valence-corrected chi connectivity index (χ4v) is 4.79. The highest BCUT2D eigenvalue weighted by Gasteiger charge is 2.23. The maximum Gasteiger partial charge on any atom is 0.268 e. The van der Waals surface area contributed by atoms with Gasteiger partial charge < -0.3 is 28.8 Å². The molecule has 0 saturated heterocycles. The van der Waals surface area contributed by atoms with Gasteiger partial charge in [-0.1, -0.05) is 103 Å². The fourth-order valence-electron chi connectivity index (χ4n) is 4.07. The van der Waals surface area contributed by atoms with Crippen LogP contribution in [0.1, 0.15) is 117 Å². The first-order valence-electron chi connectivity index (χ1n) is 14.3. The summed E-state index contributed by atoms with van der Waals surface area (Å²) in [6.45, 7) is 3.77. The molecule has 3 atom stereocenters. The number of aliphatic hydroxyl groups is 1. The van der Waals surface area contributed by atoms with E-state index in [1.54, 1.807) is 0 Å². The van der Waals surface area contributed by atoms with Crippen LogP contribution in [0.5, 0.6) is 0 Å². The molecule has 0 aliphatic carbocycles. The zero-order valence-corrected chi connectivity index (χ0v) is 24.9. The van der Waals surface area contributed by atoms with Gasteiger partial charge >= 0.3 is 0 Å². The second-order valence-electron chi connectivity index (χ2n) is 11.2. The van der Waals surface area contributed by atoms with Crippen molar-refractivity contribution in [3.05, 3.63) is 0 Å². The van der Waals surface area contributed by atoms with Crippen molar-refractivity contribution in [1.82, 2.24) is 5.32 Å². The molecule has 0 aliphatic heterocycles. The summed E-state index contributed by atoms with van der Waals surface area (Å²) in [5.41, 5.74) is 0. The van der Waals surface area contributed by atoms with Gasteiger partial charge in [0.2, 0.25) is 5.91 Å². The average molecular weight is 537 g/mol. The predicted octanol–water partition coefficient (Wildman–Crippen LogP) is 5.32. The van der Waals surface area contributed by atoms with Gasteiger partial charge in [0.25, 0.3) is 7.82 Å². The van der Waals surface area contributed by atoms with Gasteiger partial charge in [-0.25, -0.2) is 0 Å². The number of phosphoric acid groups is 1. The Kier molecular flexibility index (Phi) is 21.1. The minimum Gasteiger partial charge on any atom is -0.756 e. The van der Waals surface area contributed by atoms with Crippen LogP contribution in [0.2, 0.25) is 0 Å². The van der Waals surface area contributed by atoms with E-state index in [1.807, 2.05) is 21.1 Å². The number of unbranched alkanes of at least 4 members (excludes halogenated alkanes) is 14. The monoisotopic (exact) mass is 536 g/mol. The Bertz CT molecular complexity index is 585. The molecule has 0 aromatic rings. The Labute approximate surface area is 221 Å². The van der Waals surface area contributed by atoms with Crippen LogP contribution in [-0.2, 0) is 18.4 Å². The lowest BCUT2D eigenvalue weighted by Crippen LogP contribution is -2.45. The summed E-state index contributed by atoms with van der Waals surface area (Å²) in [7, 11) is 1.29. The average Bonchev–Trinajstić information content (AvgIpc) is 2.77. The standard InChI is InChI=1S/C27H57N2O6P/c1-6-7-8-9-10-11-12-13-14-15-16-17-18-19-20-21-27(31)26(28-25(2)30)24-35-36(32,33)34-23-22-29(3,4)5/h26-27,31H,6-24H2,1-5H3,(H-,28,30,32,33). The van der Waals surface area contributed by atoms with Gasteiger partial charge in [-0.3, -0.25) is 9.36 Å². The lowest BCUT2D eigenvalue weighted by atomic mass is 10.0. The minimum absolute atomic E-state index is 0.0107. The van der Waals surface area contributed by atoms with Crippen molar-refractivity contribution in [2.24, 2.45) is 0 Å². The van der Waals surface area contributed by atoms with Crippen LogP contribution in [-0.4, -0.2) is 68.5 Å². The quantitative estimate of drug-likeness (QED) is 0.0929. The van der Waals surface area contributed by atoms with Crippen LogP contribution >= 0.6 is 7.82 Å². The Morgan fingerprint density at radius 3 is 1.72 bits per heavy atom. The van der Waals surface area contributed by atoms with Gasteiger partial charge in [-0.15, -0.1) is 0 Å². The number of carbonyl (C=O) groups excluding carboxylic acids is 1. The molecule has 0 aromatic carbocycles. The summed E-state index contributed by atoms with van der Waals surface area (Å²) in [4.78, 5) is 23.5. The van der Waals surface area contributed by atoms with Crippen LogP contribution in [0.3, 0.4) is 0 Å². The summed E-state index contributed by atoms with van der Waals surface area (Å²) in [5.74, 6) is -0.342. The number of nitrogens with zero attached hydrogens (tertiary/aromatic N) is 1. The lowest BCUT2D eigenvalue weighted by molar-refractivity contribution is -0.870. The molecule has 0 radical (unpaired) electrons. The molecule has 36 heavy (non-hydrogen) atoms. The van der Waals surface area contributed by atoms with E-state index < -0.39 is 20.0 Å². The minimum atomic E-state index is -4.50. The second kappa shape index (κ2) is 21.4. The highest BCUT2D eigenvalue weighted by atomic mass is 31.2. The molecule has 0 bridgehead atoms. The van der Waals surface area contributed by atoms with Crippen LogP contribution < -0.4 is 10.2 Å². The van der Waals surface area contributed by atoms with Crippen molar-refractivity contribution in [3.8, 4) is 0 Å². The number of carbonyl (C=O) groups is 1. The van der Waals surface area contributed by atoms with Crippen molar-refractivity contribution in [3.63, 3.8) is 0 Å². The highest BCUT2D eigenvalue weighted by Crippen LogP contribution is 2.38. The first kappa shape index (κ1) is 35.5. The molecule has 0 saturated carbocycles. The van der Waals surface area contributed by atoms with E-state index in [0.29, 0.717) is 17.4 Å². The van der Waals surface area contributed by atoms with Crippen LogP contribution in [0.25, 0.3) is 0 Å². The first-order valence-corrected chi connectivity index (χ1v) is 15.8. The second-order valence-corrected chi connectivity index (χ2v) is 12.6. The van der Waals surface area contributed by atoms with E-state index in [2.05, 4.69) is 12.2 Å². The van der Waals surface area contributed by atoms with E-state index in [9.17, 15) is 19.4 Å². The molecule has 9 heteroatoms. The first-order chi connectivity index (χ1) is 17.0. The molecule has 1 amide bonds. The third kappa shape index (κ3) is 23.9. The smallest absolute Gasteiger partial charge is 0.268 e. The van der Waals surface area contributed by atoms with Crippen LogP contribution in [0.4, 0.5) is 0 Å². The van der Waals surface area contributed by atoms with Crippen molar-refractivity contribution in [2.45, 2.75) is 129 Å². The molecule has 0 spiro atoms. The molecule has 216 valence electrons. The topological polar surface area (TPSA) is 108 Å². The highest BCUT2D eigenvalue weighted by molar-refractivity contribution is 7.45. The van der Waals surface area contributed by atoms with Gasteiger partial charge in [0.05, 0.1) is 39.9 Å². The summed E-state index contributed by atoms with van der Waals surface area (Å²) in [6.07, 6.45) is 18.6. The Morgan fingerprint density at radius 2 is 1.31 bits per heavy atom. The molecule has 0 aromatic heterocycles. The van der Waals surface area contributed by atoms with Crippen molar-refractivity contribution < 1.29 is 32.9 Å². The summed E-state index contributed by atoms with van der Waals surface area (Å²) < 4.78 is 22.4. The Balaban J connectivity index is 3.94. The number of phosphoric ester groups is 1. The van der Waals surface area contributed by atoms with Gasteiger partial charge in [0.15, 0.2) is 0 Å². The molecular weight excluding hydrogens is 479 g/mol. The molecule has 0 fully saturated rings. The normalized spacial score (nSPS) is 15.4. The van der Waals surface area contributed by atoms with E-state index in [-0.39, 0.29) is 19.1 Å². The van der Waals surface area contributed by atoms with Gasteiger partial charge in [-0.2, -0.15) is 0 Å². The number of quaternary nitrogens is 1. The van der Waals surface area contributed by atoms with Gasteiger partial charge in [0, 0.05) is 6.92 Å². The third-order valence-corrected chi connectivity index (χ3v) is 7.34. The number of nitrogens with one attached hydrogen (secondary N) is 1. The van der Waals surface area contributed by atoms with Crippen molar-refractivity contribution >= 4 is 13.7 Å². The maximum absolute atomic E-state index is 12.0. The number of aliphatic hydroxyl groups excluding tert-OH is 1. The van der Waals surface area contributed by atoms with Crippen molar-refractivity contribution in [2.75, 3.05) is 40.9 Å². The SMILES string of the molecule is CCCCCCCCCCCCCCCCCC(O)C(COP(=O)([O-])OCC[N+](C)(C)C)NC(C)=O. The molecule has 0 aliphatic rings. The Hall–Kier alpha value is -0.500. The molecule has 2 N–H and O–H groups in total. The predicted molar refractivity (Wildman–Crippen MR) is 146 cm³/mol. The number of likely N-dealkylation sites (N-methyl/N-ethyl adjacent to an activating group) is 1. The van der Waals surface area contributed by atoms with Gasteiger partial charge in [-0.05, 0) is 6.42 Å². The number of amides is 1. The van der Waals surface area contributed by atoms with Crippen molar-refractivity contribution in [1.29, 1.82) is 0 Å². The zero-order chi connectivity index (χ0) is 27.3. The van der Waals surface area contributed by atoms with Crippen LogP contribution in [0.15, 0.2) is 0 Å². The zero-order valence-electron chi connectivity index (χ0n) is 24.0. The Morgan fingerprint density at radius 1 is 0.861 bits per heavy atom. The summed E-state index contributed by atoms with van der Waals surface area (Å²) in [5, 5.41) is 13.1. The molecule has 0 rings (SSSR count). The fraction of sp³-hybridized carbons (Fsp3) is 0.963. The number of hydrogen-bond donors (Lipinski definition) is 2. The third-order valence-electron chi connectivity index (χ3n) is 6.38. The maximum atomic E-state index is 12.0. The lowest BCUT2D eigenvalue weighted by Gasteiger charge is -2.29. The number of hydrogen-bond acceptors (Lipinski definition) is 6. The molecule has 8 nitrogen and oxygen atoms in total. The van der Waals surface area contributed by atoms with E-state index in [4.69, 9.17) is 9.05 Å². The molecule has 0 heterocycles. The number of rotatable bonds is 25. The van der Waals surface area contributed by atoms with E-state index in [1.165, 1.54) is 84.0 Å². The largest absolute Gasteiger partial charge is 0.756 e. The summed E-state index contributed by atoms with van der Waals surface area (Å²) in [6, 6.07) is -0.793. The van der Waals surface area contributed by atoms with Crippen LogP contribution in [0, 0.1) is 0 Å².